The lowest BCUT2D eigenvalue weighted by Crippen LogP contribution is -2.34. The molecule has 0 radical (unpaired) electrons. The van der Waals surface area contributed by atoms with Gasteiger partial charge in [-0.25, -0.2) is 0 Å². The van der Waals surface area contributed by atoms with E-state index in [2.05, 4.69) is 21.2 Å². The van der Waals surface area contributed by atoms with Gasteiger partial charge in [-0.2, -0.15) is 0 Å². The first-order chi connectivity index (χ1) is 6.77. The zero-order chi connectivity index (χ0) is 9.97. The lowest BCUT2D eigenvalue weighted by molar-refractivity contribution is 0.0771. The van der Waals surface area contributed by atoms with Gasteiger partial charge in [0.2, 0.25) is 0 Å². The molecule has 3 N–H and O–H groups in total. The van der Waals surface area contributed by atoms with E-state index in [0.717, 1.165) is 28.9 Å². The van der Waals surface area contributed by atoms with Crippen LogP contribution in [0.1, 0.15) is 11.6 Å². The summed E-state index contributed by atoms with van der Waals surface area (Å²) in [5, 5.41) is 3.38. The number of rotatable bonds is 1. The second kappa shape index (κ2) is 4.29. The topological polar surface area (TPSA) is 47.3 Å². The standard InChI is InChI=1S/C10H13BrN2O/c11-7-1-2-8(9(12)5-7)10-6-14-4-3-13-10/h1-2,5,10,13H,3-4,6,12H2/t10-/m1/s1. The molecular formula is C10H13BrN2O. The molecule has 0 spiro atoms. The van der Waals surface area contributed by atoms with Crippen LogP contribution in [0.15, 0.2) is 22.7 Å². The molecule has 0 aromatic heterocycles. The molecule has 3 nitrogen and oxygen atoms in total. The van der Waals surface area contributed by atoms with E-state index in [1.807, 2.05) is 18.2 Å². The number of ether oxygens (including phenoxy) is 1. The molecule has 1 atom stereocenters. The number of morpholine rings is 1. The highest BCUT2D eigenvalue weighted by Crippen LogP contribution is 2.25. The van der Waals surface area contributed by atoms with Crippen molar-refractivity contribution in [3.8, 4) is 0 Å². The van der Waals surface area contributed by atoms with E-state index >= 15 is 0 Å². The van der Waals surface area contributed by atoms with Crippen LogP contribution in [0.3, 0.4) is 0 Å². The number of hydrogen-bond donors (Lipinski definition) is 2. The molecule has 1 aliphatic rings. The van der Waals surface area contributed by atoms with Gasteiger partial charge in [0, 0.05) is 16.7 Å². The second-order valence-electron chi connectivity index (χ2n) is 3.35. The monoisotopic (exact) mass is 256 g/mol. The zero-order valence-corrected chi connectivity index (χ0v) is 9.38. The van der Waals surface area contributed by atoms with Gasteiger partial charge in [-0.3, -0.25) is 0 Å². The Labute approximate surface area is 91.8 Å². The Kier molecular flexibility index (Phi) is 3.05. The van der Waals surface area contributed by atoms with Crippen LogP contribution in [-0.2, 0) is 4.74 Å². The Morgan fingerprint density at radius 1 is 1.50 bits per heavy atom. The van der Waals surface area contributed by atoms with E-state index in [0.29, 0.717) is 6.61 Å². The number of nitrogen functional groups attached to an aromatic ring is 1. The highest BCUT2D eigenvalue weighted by atomic mass is 79.9. The predicted octanol–water partition coefficient (Wildman–Crippen LogP) is 1.69. The number of halogens is 1. The first-order valence-electron chi connectivity index (χ1n) is 4.63. The lowest BCUT2D eigenvalue weighted by atomic mass is 10.1. The third-order valence-electron chi connectivity index (χ3n) is 2.35. The summed E-state index contributed by atoms with van der Waals surface area (Å²) < 4.78 is 6.40. The van der Waals surface area contributed by atoms with Crippen molar-refractivity contribution in [1.29, 1.82) is 0 Å². The molecule has 0 aliphatic carbocycles. The van der Waals surface area contributed by atoms with Gasteiger partial charge in [0.05, 0.1) is 19.3 Å². The van der Waals surface area contributed by atoms with Gasteiger partial charge >= 0.3 is 0 Å². The smallest absolute Gasteiger partial charge is 0.0662 e. The van der Waals surface area contributed by atoms with Gasteiger partial charge in [0.1, 0.15) is 0 Å². The number of anilines is 1. The van der Waals surface area contributed by atoms with Crippen molar-refractivity contribution in [2.75, 3.05) is 25.5 Å². The number of benzene rings is 1. The molecule has 2 rings (SSSR count). The van der Waals surface area contributed by atoms with E-state index in [-0.39, 0.29) is 6.04 Å². The summed E-state index contributed by atoms with van der Waals surface area (Å²) in [6.07, 6.45) is 0. The number of nitrogens with two attached hydrogens (primary N) is 1. The van der Waals surface area contributed by atoms with E-state index in [1.54, 1.807) is 0 Å². The van der Waals surface area contributed by atoms with E-state index in [1.165, 1.54) is 0 Å². The maximum absolute atomic E-state index is 5.93. The minimum Gasteiger partial charge on any atom is -0.398 e. The summed E-state index contributed by atoms with van der Waals surface area (Å²) >= 11 is 3.39. The van der Waals surface area contributed by atoms with Crippen LogP contribution < -0.4 is 11.1 Å². The molecule has 76 valence electrons. The fraction of sp³-hybridized carbons (Fsp3) is 0.400. The van der Waals surface area contributed by atoms with E-state index < -0.39 is 0 Å². The molecule has 0 saturated carbocycles. The Hall–Kier alpha value is -0.580. The molecule has 1 fully saturated rings. The van der Waals surface area contributed by atoms with Crippen LogP contribution in [0.2, 0.25) is 0 Å². The van der Waals surface area contributed by atoms with Gasteiger partial charge in [0.25, 0.3) is 0 Å². The Balaban J connectivity index is 2.22. The van der Waals surface area contributed by atoms with Crippen molar-refractivity contribution >= 4 is 21.6 Å². The first-order valence-corrected chi connectivity index (χ1v) is 5.43. The van der Waals surface area contributed by atoms with Crippen molar-refractivity contribution in [2.24, 2.45) is 0 Å². The molecule has 14 heavy (non-hydrogen) atoms. The minimum atomic E-state index is 0.233. The third-order valence-corrected chi connectivity index (χ3v) is 2.84. The number of nitrogens with one attached hydrogen (secondary N) is 1. The maximum atomic E-state index is 5.93. The van der Waals surface area contributed by atoms with E-state index in [4.69, 9.17) is 10.5 Å². The average Bonchev–Trinajstić information content (AvgIpc) is 2.19. The average molecular weight is 257 g/mol. The van der Waals surface area contributed by atoms with Crippen LogP contribution in [-0.4, -0.2) is 19.8 Å². The molecular weight excluding hydrogens is 244 g/mol. The van der Waals surface area contributed by atoms with Crippen LogP contribution >= 0.6 is 15.9 Å². The van der Waals surface area contributed by atoms with Crippen molar-refractivity contribution in [3.05, 3.63) is 28.2 Å². The summed E-state index contributed by atoms with van der Waals surface area (Å²) in [5.41, 5.74) is 7.85. The molecule has 1 heterocycles. The van der Waals surface area contributed by atoms with Crippen molar-refractivity contribution < 1.29 is 4.74 Å². The molecule has 0 amide bonds. The van der Waals surface area contributed by atoms with Crippen molar-refractivity contribution in [1.82, 2.24) is 5.32 Å². The molecule has 4 heteroatoms. The lowest BCUT2D eigenvalue weighted by Gasteiger charge is -2.25. The summed E-state index contributed by atoms with van der Waals surface area (Å²) in [5.74, 6) is 0. The first kappa shape index (κ1) is 9.96. The predicted molar refractivity (Wildman–Crippen MR) is 60.1 cm³/mol. The minimum absolute atomic E-state index is 0.233. The van der Waals surface area contributed by atoms with Crippen LogP contribution in [0.25, 0.3) is 0 Å². The molecule has 1 aromatic rings. The summed E-state index contributed by atoms with van der Waals surface area (Å²) in [6.45, 7) is 2.37. The highest BCUT2D eigenvalue weighted by Gasteiger charge is 2.17. The molecule has 1 saturated heterocycles. The van der Waals surface area contributed by atoms with Gasteiger partial charge in [-0.1, -0.05) is 22.0 Å². The fourth-order valence-corrected chi connectivity index (χ4v) is 2.01. The normalized spacial score (nSPS) is 22.2. The molecule has 1 aliphatic heterocycles. The Morgan fingerprint density at radius 3 is 3.00 bits per heavy atom. The van der Waals surface area contributed by atoms with Crippen molar-refractivity contribution in [3.63, 3.8) is 0 Å². The Bertz CT molecular complexity index is 324. The second-order valence-corrected chi connectivity index (χ2v) is 4.27. The third kappa shape index (κ3) is 2.08. The largest absolute Gasteiger partial charge is 0.398 e. The highest BCUT2D eigenvalue weighted by molar-refractivity contribution is 9.10. The van der Waals surface area contributed by atoms with Crippen molar-refractivity contribution in [2.45, 2.75) is 6.04 Å². The zero-order valence-electron chi connectivity index (χ0n) is 7.79. The van der Waals surface area contributed by atoms with E-state index in [9.17, 15) is 0 Å². The van der Waals surface area contributed by atoms with Gasteiger partial charge in [-0.05, 0) is 17.7 Å². The molecule has 1 aromatic carbocycles. The quantitative estimate of drug-likeness (QED) is 0.753. The molecule has 0 bridgehead atoms. The summed E-state index contributed by atoms with van der Waals surface area (Å²) in [4.78, 5) is 0. The molecule has 0 unspecified atom stereocenters. The SMILES string of the molecule is Nc1cc(Br)ccc1[C@H]1COCCN1. The van der Waals surface area contributed by atoms with Crippen LogP contribution in [0, 0.1) is 0 Å². The Morgan fingerprint density at radius 2 is 2.36 bits per heavy atom. The van der Waals surface area contributed by atoms with Gasteiger partial charge in [-0.15, -0.1) is 0 Å². The summed E-state index contributed by atoms with van der Waals surface area (Å²) in [7, 11) is 0. The van der Waals surface area contributed by atoms with Gasteiger partial charge < -0.3 is 15.8 Å². The number of hydrogen-bond acceptors (Lipinski definition) is 3. The van der Waals surface area contributed by atoms with Crippen LogP contribution in [0.5, 0.6) is 0 Å². The summed E-state index contributed by atoms with van der Waals surface area (Å²) in [6, 6.07) is 6.19. The fourth-order valence-electron chi connectivity index (χ4n) is 1.63. The van der Waals surface area contributed by atoms with Crippen LogP contribution in [0.4, 0.5) is 5.69 Å². The van der Waals surface area contributed by atoms with Gasteiger partial charge in [0.15, 0.2) is 0 Å². The maximum Gasteiger partial charge on any atom is 0.0662 e.